The Morgan fingerprint density at radius 1 is 0.971 bits per heavy atom. The molecule has 0 bridgehead atoms. The number of amides is 2. The maximum atomic E-state index is 12.9. The number of fused-ring (bicyclic) bond motifs is 1. The van der Waals surface area contributed by atoms with E-state index >= 15 is 0 Å². The molecule has 0 aliphatic carbocycles. The number of aromatic nitrogens is 3. The molecule has 5 rings (SSSR count). The summed E-state index contributed by atoms with van der Waals surface area (Å²) in [6, 6.07) is 11.1. The van der Waals surface area contributed by atoms with Gasteiger partial charge in [0.25, 0.3) is 11.8 Å². The number of primary amides is 1. The Labute approximate surface area is 200 Å². The lowest BCUT2D eigenvalue weighted by molar-refractivity contribution is 0.100. The smallest absolute Gasteiger partial charge is 0.260 e. The Kier molecular flexibility index (Phi) is 5.91. The first-order valence-corrected chi connectivity index (χ1v) is 11.6. The zero-order valence-electron chi connectivity index (χ0n) is 18.6. The van der Waals surface area contributed by atoms with Gasteiger partial charge in [0, 0.05) is 55.1 Å². The highest BCUT2D eigenvalue weighted by atomic mass is 32.1. The number of piperazine rings is 1. The highest BCUT2D eigenvalue weighted by Crippen LogP contribution is 2.29. The largest absolute Gasteiger partial charge is 0.365 e. The minimum Gasteiger partial charge on any atom is -0.365 e. The van der Waals surface area contributed by atoms with E-state index in [0.29, 0.717) is 21.3 Å². The average Bonchev–Trinajstić information content (AvgIpc) is 3.35. The highest BCUT2D eigenvalue weighted by Gasteiger charge is 2.17. The predicted octanol–water partition coefficient (Wildman–Crippen LogP) is 2.86. The van der Waals surface area contributed by atoms with Crippen molar-refractivity contribution in [3.05, 3.63) is 65.4 Å². The molecule has 10 heteroatoms. The molecule has 172 valence electrons. The minimum absolute atomic E-state index is 0.244. The van der Waals surface area contributed by atoms with Gasteiger partial charge in [0.05, 0.1) is 6.20 Å². The third-order valence-corrected chi connectivity index (χ3v) is 6.85. The molecular formula is C24H23N7O2S. The third-order valence-electron chi connectivity index (χ3n) is 5.79. The molecule has 3 aromatic heterocycles. The van der Waals surface area contributed by atoms with E-state index in [0.717, 1.165) is 48.3 Å². The fourth-order valence-electron chi connectivity index (χ4n) is 3.82. The molecule has 0 atom stereocenters. The summed E-state index contributed by atoms with van der Waals surface area (Å²) in [7, 11) is 2.10. The molecule has 0 spiro atoms. The summed E-state index contributed by atoms with van der Waals surface area (Å²) in [5, 5.41) is 5.41. The predicted molar refractivity (Wildman–Crippen MR) is 133 cm³/mol. The number of nitrogens with two attached hydrogens (primary N) is 1. The van der Waals surface area contributed by atoms with Gasteiger partial charge < -0.3 is 20.9 Å². The molecule has 0 saturated carbocycles. The van der Waals surface area contributed by atoms with E-state index in [9.17, 15) is 9.59 Å². The molecule has 9 nitrogen and oxygen atoms in total. The zero-order chi connectivity index (χ0) is 23.7. The van der Waals surface area contributed by atoms with E-state index in [-0.39, 0.29) is 5.91 Å². The fourth-order valence-corrected chi connectivity index (χ4v) is 4.58. The Morgan fingerprint density at radius 2 is 1.79 bits per heavy atom. The second-order valence-electron chi connectivity index (χ2n) is 8.17. The number of thiazole rings is 1. The van der Waals surface area contributed by atoms with Crippen molar-refractivity contribution in [2.75, 3.05) is 43.4 Å². The summed E-state index contributed by atoms with van der Waals surface area (Å²) >= 11 is 1.24. The molecule has 1 fully saturated rings. The zero-order valence-corrected chi connectivity index (χ0v) is 19.4. The first-order valence-electron chi connectivity index (χ1n) is 10.8. The number of hydrogen-bond donors (Lipinski definition) is 2. The number of likely N-dealkylation sites (N-methyl/N-ethyl adjacent to an activating group) is 1. The fraction of sp³-hybridized carbons (Fsp3) is 0.208. The van der Waals surface area contributed by atoms with Crippen molar-refractivity contribution < 1.29 is 9.59 Å². The molecule has 34 heavy (non-hydrogen) atoms. The van der Waals surface area contributed by atoms with Crippen molar-refractivity contribution in [2.45, 2.75) is 0 Å². The Hall–Kier alpha value is -3.89. The van der Waals surface area contributed by atoms with Crippen LogP contribution in [0.4, 0.5) is 11.6 Å². The highest BCUT2D eigenvalue weighted by molar-refractivity contribution is 7.16. The van der Waals surface area contributed by atoms with Gasteiger partial charge in [-0.05, 0) is 36.7 Å². The molecule has 1 aliphatic rings. The van der Waals surface area contributed by atoms with Crippen LogP contribution in [0.25, 0.3) is 21.3 Å². The van der Waals surface area contributed by atoms with Gasteiger partial charge in [-0.3, -0.25) is 9.59 Å². The molecule has 1 aromatic carbocycles. The molecule has 0 radical (unpaired) electrons. The van der Waals surface area contributed by atoms with E-state index in [1.807, 2.05) is 30.3 Å². The van der Waals surface area contributed by atoms with Gasteiger partial charge in [-0.2, -0.15) is 0 Å². The Bertz CT molecular complexity index is 1380. The van der Waals surface area contributed by atoms with Crippen LogP contribution >= 0.6 is 11.3 Å². The van der Waals surface area contributed by atoms with Gasteiger partial charge in [-0.1, -0.05) is 12.1 Å². The van der Waals surface area contributed by atoms with Crippen molar-refractivity contribution >= 4 is 45.6 Å². The molecule has 4 heterocycles. The lowest BCUT2D eigenvalue weighted by Gasteiger charge is -2.33. The van der Waals surface area contributed by atoms with E-state index in [2.05, 4.69) is 37.1 Å². The third kappa shape index (κ3) is 4.59. The van der Waals surface area contributed by atoms with Gasteiger partial charge >= 0.3 is 0 Å². The van der Waals surface area contributed by atoms with Gasteiger partial charge in [0.15, 0.2) is 0 Å². The normalized spacial score (nSPS) is 14.3. The van der Waals surface area contributed by atoms with Crippen LogP contribution in [-0.4, -0.2) is 64.9 Å². The second kappa shape index (κ2) is 9.16. The van der Waals surface area contributed by atoms with E-state index in [1.54, 1.807) is 18.5 Å². The van der Waals surface area contributed by atoms with Crippen molar-refractivity contribution in [3.63, 3.8) is 0 Å². The number of carbonyl (C=O) groups excluding carboxylic acids is 2. The minimum atomic E-state index is -0.495. The van der Waals surface area contributed by atoms with E-state index < -0.39 is 5.91 Å². The average molecular weight is 474 g/mol. The van der Waals surface area contributed by atoms with Crippen molar-refractivity contribution in [3.8, 4) is 10.6 Å². The maximum absolute atomic E-state index is 12.9. The molecule has 3 N–H and O–H groups in total. The Balaban J connectivity index is 1.35. The van der Waals surface area contributed by atoms with Crippen LogP contribution in [0.2, 0.25) is 0 Å². The maximum Gasteiger partial charge on any atom is 0.260 e. The number of rotatable bonds is 5. The van der Waals surface area contributed by atoms with Crippen LogP contribution in [0.5, 0.6) is 0 Å². The molecule has 4 aromatic rings. The Morgan fingerprint density at radius 3 is 2.56 bits per heavy atom. The van der Waals surface area contributed by atoms with Crippen LogP contribution in [0.1, 0.15) is 20.0 Å². The topological polar surface area (TPSA) is 117 Å². The van der Waals surface area contributed by atoms with Gasteiger partial charge in [0.2, 0.25) is 0 Å². The molecular weight excluding hydrogens is 450 g/mol. The van der Waals surface area contributed by atoms with Crippen LogP contribution in [0.15, 0.2) is 55.0 Å². The quantitative estimate of drug-likeness (QED) is 0.458. The number of carbonyl (C=O) groups is 2. The molecule has 2 amide bonds. The van der Waals surface area contributed by atoms with E-state index in [4.69, 9.17) is 5.73 Å². The number of hydrogen-bond acceptors (Lipinski definition) is 8. The van der Waals surface area contributed by atoms with Gasteiger partial charge in [-0.15, -0.1) is 11.3 Å². The summed E-state index contributed by atoms with van der Waals surface area (Å²) in [5.41, 5.74) is 6.73. The van der Waals surface area contributed by atoms with Crippen LogP contribution in [-0.2, 0) is 0 Å². The number of anilines is 2. The number of nitrogens with zero attached hydrogens (tertiary/aromatic N) is 5. The van der Waals surface area contributed by atoms with Gasteiger partial charge in [0.1, 0.15) is 21.5 Å². The first-order chi connectivity index (χ1) is 16.5. The monoisotopic (exact) mass is 473 g/mol. The van der Waals surface area contributed by atoms with Crippen molar-refractivity contribution in [1.29, 1.82) is 0 Å². The molecule has 0 unspecified atom stereocenters. The first kappa shape index (κ1) is 21.9. The number of pyridine rings is 2. The standard InChI is InChI=1S/C24H23N7O2S/c1-30-6-8-31(9-7-30)21-12-15(4-5-26-21)23(33)29-20-11-18-10-16(2-3-17(18)13-27-20)24-28-14-19(34-24)22(25)32/h2-5,10-14H,6-9H2,1H3,(H2,25,32)(H,27,29,33). The molecule has 1 aliphatic heterocycles. The summed E-state index contributed by atoms with van der Waals surface area (Å²) in [5.74, 6) is 0.512. The molecule has 1 saturated heterocycles. The summed E-state index contributed by atoms with van der Waals surface area (Å²) < 4.78 is 0. The second-order valence-corrected chi connectivity index (χ2v) is 9.20. The summed E-state index contributed by atoms with van der Waals surface area (Å²) in [6.07, 6.45) is 4.86. The van der Waals surface area contributed by atoms with E-state index in [1.165, 1.54) is 17.5 Å². The SMILES string of the molecule is CN1CCN(c2cc(C(=O)Nc3cc4cc(-c5ncc(C(N)=O)s5)ccc4cn3)ccn2)CC1. The van der Waals surface area contributed by atoms with Crippen molar-refractivity contribution in [2.24, 2.45) is 5.73 Å². The van der Waals surface area contributed by atoms with Crippen molar-refractivity contribution in [1.82, 2.24) is 19.9 Å². The number of nitrogens with one attached hydrogen (secondary N) is 1. The lowest BCUT2D eigenvalue weighted by atomic mass is 10.1. The van der Waals surface area contributed by atoms with Gasteiger partial charge in [-0.25, -0.2) is 15.0 Å². The lowest BCUT2D eigenvalue weighted by Crippen LogP contribution is -2.44. The summed E-state index contributed by atoms with van der Waals surface area (Å²) in [6.45, 7) is 3.68. The van der Waals surface area contributed by atoms with Crippen LogP contribution in [0, 0.1) is 0 Å². The summed E-state index contributed by atoms with van der Waals surface area (Å²) in [4.78, 5) is 42.3. The van der Waals surface area contributed by atoms with Crippen LogP contribution in [0.3, 0.4) is 0 Å². The number of benzene rings is 1. The van der Waals surface area contributed by atoms with Crippen LogP contribution < -0.4 is 16.0 Å².